The lowest BCUT2D eigenvalue weighted by molar-refractivity contribution is -0.143. The molecule has 1 aliphatic heterocycles. The van der Waals surface area contributed by atoms with E-state index in [1.807, 2.05) is 24.3 Å². The molecule has 0 unspecified atom stereocenters. The van der Waals surface area contributed by atoms with Crippen molar-refractivity contribution in [3.63, 3.8) is 0 Å². The number of likely N-dealkylation sites (tertiary alicyclic amines) is 1. The summed E-state index contributed by atoms with van der Waals surface area (Å²) in [6.07, 6.45) is 2.91. The van der Waals surface area contributed by atoms with Crippen LogP contribution < -0.4 is 4.74 Å². The van der Waals surface area contributed by atoms with Crippen LogP contribution in [0.15, 0.2) is 41.2 Å². The van der Waals surface area contributed by atoms with E-state index < -0.39 is 12.1 Å². The van der Waals surface area contributed by atoms with Crippen molar-refractivity contribution in [3.05, 3.63) is 46.8 Å². The number of hydrogen-bond acceptors (Lipinski definition) is 5. The number of benzene rings is 1. The second-order valence-electron chi connectivity index (χ2n) is 8.16. The van der Waals surface area contributed by atoms with E-state index in [2.05, 4.69) is 22.7 Å². The highest BCUT2D eigenvalue weighted by Crippen LogP contribution is 2.33. The summed E-state index contributed by atoms with van der Waals surface area (Å²) in [5.74, 6) is -0.319. The molecule has 31 heavy (non-hydrogen) atoms. The van der Waals surface area contributed by atoms with Crippen LogP contribution in [0.4, 0.5) is 0 Å². The van der Waals surface area contributed by atoms with Crippen molar-refractivity contribution in [1.82, 2.24) is 9.88 Å². The molecule has 1 saturated heterocycles. The van der Waals surface area contributed by atoms with Gasteiger partial charge < -0.3 is 14.7 Å². The lowest BCUT2D eigenvalue weighted by Gasteiger charge is -2.33. The first kappa shape index (κ1) is 21.3. The van der Waals surface area contributed by atoms with Gasteiger partial charge in [-0.15, -0.1) is 0 Å². The van der Waals surface area contributed by atoms with E-state index in [1.54, 1.807) is 29.4 Å². The summed E-state index contributed by atoms with van der Waals surface area (Å²) in [4.78, 5) is 30.1. The average Bonchev–Trinajstić information content (AvgIpc) is 3.18. The quantitative estimate of drug-likeness (QED) is 0.601. The third-order valence-corrected chi connectivity index (χ3v) is 6.68. The summed E-state index contributed by atoms with van der Waals surface area (Å²) in [6, 6.07) is 7.76. The van der Waals surface area contributed by atoms with Gasteiger partial charge in [0.15, 0.2) is 6.10 Å². The van der Waals surface area contributed by atoms with Crippen molar-refractivity contribution in [2.24, 2.45) is 5.92 Å². The molecule has 0 bridgehead atoms. The maximum atomic E-state index is 12.9. The predicted octanol–water partition coefficient (Wildman–Crippen LogP) is 4.75. The van der Waals surface area contributed by atoms with Gasteiger partial charge in [-0.2, -0.15) is 11.3 Å². The Morgan fingerprint density at radius 1 is 1.29 bits per heavy atom. The number of pyridine rings is 1. The number of carboxylic acids is 1. The molecule has 7 heteroatoms. The molecule has 4 rings (SSSR count). The fraction of sp³-hybridized carbons (Fsp3) is 0.375. The lowest BCUT2D eigenvalue weighted by Crippen LogP contribution is -2.46. The Hall–Kier alpha value is -2.93. The molecule has 3 aromatic rings. The first-order valence-electron chi connectivity index (χ1n) is 10.5. The number of carbonyl (C=O) groups is 2. The van der Waals surface area contributed by atoms with Gasteiger partial charge in [-0.05, 0) is 78.3 Å². The van der Waals surface area contributed by atoms with Crippen molar-refractivity contribution in [2.45, 2.75) is 39.2 Å². The Morgan fingerprint density at radius 2 is 2.13 bits per heavy atom. The van der Waals surface area contributed by atoms with E-state index in [-0.39, 0.29) is 18.2 Å². The molecular weight excluding hydrogens is 412 g/mol. The van der Waals surface area contributed by atoms with E-state index in [0.29, 0.717) is 18.8 Å². The van der Waals surface area contributed by atoms with Crippen molar-refractivity contribution in [1.29, 1.82) is 0 Å². The fourth-order valence-corrected chi connectivity index (χ4v) is 5.11. The van der Waals surface area contributed by atoms with Gasteiger partial charge in [0.1, 0.15) is 5.75 Å². The zero-order valence-electron chi connectivity index (χ0n) is 17.7. The van der Waals surface area contributed by atoms with Crippen LogP contribution in [-0.2, 0) is 9.59 Å². The topological polar surface area (TPSA) is 79.7 Å². The Morgan fingerprint density at radius 3 is 2.87 bits per heavy atom. The monoisotopic (exact) mass is 438 g/mol. The van der Waals surface area contributed by atoms with Crippen LogP contribution in [0.3, 0.4) is 0 Å². The molecule has 1 aliphatic rings. The Labute approximate surface area is 185 Å². The van der Waals surface area contributed by atoms with Crippen LogP contribution in [0.1, 0.15) is 31.7 Å². The molecule has 0 spiro atoms. The zero-order valence-corrected chi connectivity index (χ0v) is 18.5. The molecule has 162 valence electrons. The number of hydrogen-bond donors (Lipinski definition) is 1. The molecule has 2 atom stereocenters. The van der Waals surface area contributed by atoms with Gasteiger partial charge in [-0.1, -0.05) is 0 Å². The molecule has 0 radical (unpaired) electrons. The summed E-state index contributed by atoms with van der Waals surface area (Å²) in [5.41, 5.74) is 4.40. The number of piperidine rings is 1. The fourth-order valence-electron chi connectivity index (χ4n) is 4.26. The maximum Gasteiger partial charge on any atom is 0.303 e. The predicted molar refractivity (Wildman–Crippen MR) is 121 cm³/mol. The second-order valence-corrected chi connectivity index (χ2v) is 8.90. The minimum absolute atomic E-state index is 0.00579. The number of carboxylic acid groups (broad SMARTS) is 1. The molecule has 3 heterocycles. The smallest absolute Gasteiger partial charge is 0.303 e. The van der Waals surface area contributed by atoms with E-state index >= 15 is 0 Å². The molecule has 6 nitrogen and oxygen atoms in total. The second kappa shape index (κ2) is 9.06. The van der Waals surface area contributed by atoms with Crippen molar-refractivity contribution in [3.8, 4) is 16.9 Å². The number of fused-ring (bicyclic) bond motifs is 1. The number of aryl methyl sites for hydroxylation is 1. The van der Waals surface area contributed by atoms with E-state index in [4.69, 9.17) is 9.84 Å². The van der Waals surface area contributed by atoms with Crippen LogP contribution in [0.2, 0.25) is 0 Å². The van der Waals surface area contributed by atoms with Crippen LogP contribution in [0.25, 0.3) is 22.0 Å². The highest BCUT2D eigenvalue weighted by atomic mass is 32.1. The third-order valence-electron chi connectivity index (χ3n) is 5.81. The van der Waals surface area contributed by atoms with Gasteiger partial charge in [0.05, 0.1) is 5.52 Å². The van der Waals surface area contributed by atoms with Crippen LogP contribution >= 0.6 is 11.3 Å². The number of nitrogens with zero attached hydrogens (tertiary/aromatic N) is 2. The number of carbonyl (C=O) groups excluding carboxylic acids is 1. The molecule has 1 fully saturated rings. The molecule has 0 saturated carbocycles. The summed E-state index contributed by atoms with van der Waals surface area (Å²) in [6.45, 7) is 4.96. The summed E-state index contributed by atoms with van der Waals surface area (Å²) >= 11 is 1.68. The number of aromatic nitrogens is 1. The average molecular weight is 439 g/mol. The minimum Gasteiger partial charge on any atom is -0.481 e. The minimum atomic E-state index is -0.815. The number of rotatable bonds is 6. The highest BCUT2D eigenvalue weighted by molar-refractivity contribution is 7.08. The van der Waals surface area contributed by atoms with Gasteiger partial charge in [0, 0.05) is 37.2 Å². The maximum absolute atomic E-state index is 12.9. The SMILES string of the molecule is Cc1cscc1-c1ccnc2cc(O[C@H](C)C(=O)N3CCC[C@H](CC(=O)O)C3)ccc12. The normalized spacial score (nSPS) is 17.5. The molecule has 1 amide bonds. The summed E-state index contributed by atoms with van der Waals surface area (Å²) in [5, 5.41) is 14.4. The number of thiophene rings is 1. The van der Waals surface area contributed by atoms with Crippen molar-refractivity contribution >= 4 is 34.1 Å². The van der Waals surface area contributed by atoms with Crippen molar-refractivity contribution < 1.29 is 19.4 Å². The zero-order chi connectivity index (χ0) is 22.0. The molecule has 1 N–H and O–H groups in total. The Bertz CT molecular complexity index is 1110. The highest BCUT2D eigenvalue weighted by Gasteiger charge is 2.29. The van der Waals surface area contributed by atoms with Gasteiger partial charge in [0.2, 0.25) is 0 Å². The van der Waals surface area contributed by atoms with Crippen LogP contribution in [0.5, 0.6) is 5.75 Å². The molecule has 2 aromatic heterocycles. The number of aliphatic carboxylic acids is 1. The lowest BCUT2D eigenvalue weighted by atomic mass is 9.94. The summed E-state index contributed by atoms with van der Waals surface area (Å²) < 4.78 is 5.96. The molecule has 0 aliphatic carbocycles. The number of ether oxygens (including phenoxy) is 1. The first-order valence-corrected chi connectivity index (χ1v) is 11.5. The standard InChI is InChI=1S/C24H26N2O4S/c1-15-13-31-14-21(15)19-7-8-25-22-11-18(5-6-20(19)22)30-16(2)24(29)26-9-3-4-17(12-26)10-23(27)28/h5-8,11,13-14,16-17H,3-4,9-10,12H2,1-2H3,(H,27,28)/t16-,17-/m1/s1. The van der Waals surface area contributed by atoms with Crippen LogP contribution in [0, 0.1) is 12.8 Å². The van der Waals surface area contributed by atoms with Crippen LogP contribution in [-0.4, -0.2) is 46.1 Å². The van der Waals surface area contributed by atoms with E-state index in [0.717, 1.165) is 29.3 Å². The van der Waals surface area contributed by atoms with E-state index in [1.165, 1.54) is 11.1 Å². The van der Waals surface area contributed by atoms with Crippen molar-refractivity contribution in [2.75, 3.05) is 13.1 Å². The van der Waals surface area contributed by atoms with Gasteiger partial charge in [0.25, 0.3) is 5.91 Å². The first-order chi connectivity index (χ1) is 14.9. The molecular formula is C24H26N2O4S. The van der Waals surface area contributed by atoms with E-state index in [9.17, 15) is 9.59 Å². The van der Waals surface area contributed by atoms with Gasteiger partial charge >= 0.3 is 5.97 Å². The summed E-state index contributed by atoms with van der Waals surface area (Å²) in [7, 11) is 0. The number of amides is 1. The Kier molecular flexibility index (Phi) is 6.23. The van der Waals surface area contributed by atoms with Gasteiger partial charge in [-0.25, -0.2) is 0 Å². The largest absolute Gasteiger partial charge is 0.481 e. The third kappa shape index (κ3) is 4.71. The Balaban J connectivity index is 1.49. The molecule has 1 aromatic carbocycles. The van der Waals surface area contributed by atoms with Gasteiger partial charge in [-0.3, -0.25) is 14.6 Å².